The third-order valence-corrected chi connectivity index (χ3v) is 3.65. The maximum Gasteiger partial charge on any atom is 0.220 e. The lowest BCUT2D eigenvalue weighted by Crippen LogP contribution is -2.48. The Bertz CT molecular complexity index is 236. The summed E-state index contributed by atoms with van der Waals surface area (Å²) in [5.74, 6) is 0.975. The SMILES string of the molecule is CC(N)CCC(=O)NC1(C)CCC(C)CC1.Cl. The zero-order chi connectivity index (χ0) is 12.2. The number of hydrogen-bond acceptors (Lipinski definition) is 2. The molecule has 102 valence electrons. The lowest BCUT2D eigenvalue weighted by Gasteiger charge is -2.37. The van der Waals surface area contributed by atoms with Crippen molar-refractivity contribution in [2.45, 2.75) is 70.9 Å². The maximum absolute atomic E-state index is 11.7. The normalized spacial score (nSPS) is 30.2. The molecule has 0 aromatic carbocycles. The van der Waals surface area contributed by atoms with Gasteiger partial charge in [-0.05, 0) is 51.9 Å². The fourth-order valence-electron chi connectivity index (χ4n) is 2.28. The van der Waals surface area contributed by atoms with Gasteiger partial charge in [0.15, 0.2) is 0 Å². The van der Waals surface area contributed by atoms with E-state index in [0.29, 0.717) is 6.42 Å². The second kappa shape index (κ2) is 7.22. The molecule has 0 aliphatic heterocycles. The maximum atomic E-state index is 11.7. The molecule has 1 fully saturated rings. The average Bonchev–Trinajstić information content (AvgIpc) is 2.20. The molecule has 17 heavy (non-hydrogen) atoms. The largest absolute Gasteiger partial charge is 0.351 e. The summed E-state index contributed by atoms with van der Waals surface area (Å²) in [5.41, 5.74) is 5.67. The minimum atomic E-state index is 0. The van der Waals surface area contributed by atoms with Gasteiger partial charge < -0.3 is 11.1 Å². The number of amides is 1. The second-order valence-electron chi connectivity index (χ2n) is 5.81. The molecule has 4 heteroatoms. The number of nitrogens with two attached hydrogens (primary N) is 1. The number of carbonyl (C=O) groups is 1. The van der Waals surface area contributed by atoms with Crippen LogP contribution in [0.25, 0.3) is 0 Å². The van der Waals surface area contributed by atoms with Gasteiger partial charge in [0.2, 0.25) is 5.91 Å². The van der Waals surface area contributed by atoms with E-state index in [1.54, 1.807) is 0 Å². The van der Waals surface area contributed by atoms with Crippen LogP contribution in [-0.2, 0) is 4.79 Å². The fourth-order valence-corrected chi connectivity index (χ4v) is 2.28. The number of hydrogen-bond donors (Lipinski definition) is 2. The summed E-state index contributed by atoms with van der Waals surface area (Å²) in [7, 11) is 0. The first kappa shape index (κ1) is 16.7. The first-order chi connectivity index (χ1) is 7.41. The van der Waals surface area contributed by atoms with Crippen molar-refractivity contribution in [2.24, 2.45) is 11.7 Å². The second-order valence-corrected chi connectivity index (χ2v) is 5.81. The van der Waals surface area contributed by atoms with E-state index in [2.05, 4.69) is 19.2 Å². The lowest BCUT2D eigenvalue weighted by molar-refractivity contribution is -0.123. The van der Waals surface area contributed by atoms with Crippen molar-refractivity contribution in [3.8, 4) is 0 Å². The molecule has 1 amide bonds. The smallest absolute Gasteiger partial charge is 0.220 e. The molecule has 0 saturated heterocycles. The highest BCUT2D eigenvalue weighted by Crippen LogP contribution is 2.31. The van der Waals surface area contributed by atoms with E-state index >= 15 is 0 Å². The van der Waals surface area contributed by atoms with Crippen molar-refractivity contribution in [1.29, 1.82) is 0 Å². The number of nitrogens with one attached hydrogen (secondary N) is 1. The van der Waals surface area contributed by atoms with Crippen LogP contribution in [0.15, 0.2) is 0 Å². The summed E-state index contributed by atoms with van der Waals surface area (Å²) in [6.07, 6.45) is 6.01. The molecular weight excluding hydrogens is 236 g/mol. The van der Waals surface area contributed by atoms with E-state index in [0.717, 1.165) is 25.2 Å². The Hall–Kier alpha value is -0.280. The molecule has 0 bridgehead atoms. The molecule has 1 unspecified atom stereocenters. The molecule has 1 atom stereocenters. The van der Waals surface area contributed by atoms with Crippen LogP contribution in [0.3, 0.4) is 0 Å². The molecular formula is C13H27ClN2O. The van der Waals surface area contributed by atoms with Crippen LogP contribution in [0.5, 0.6) is 0 Å². The average molecular weight is 263 g/mol. The van der Waals surface area contributed by atoms with Gasteiger partial charge in [0.1, 0.15) is 0 Å². The third kappa shape index (κ3) is 6.27. The number of carbonyl (C=O) groups excluding carboxylic acids is 1. The van der Waals surface area contributed by atoms with E-state index in [-0.39, 0.29) is 29.9 Å². The third-order valence-electron chi connectivity index (χ3n) is 3.65. The molecule has 3 N–H and O–H groups in total. The highest BCUT2D eigenvalue weighted by molar-refractivity contribution is 5.85. The van der Waals surface area contributed by atoms with Gasteiger partial charge >= 0.3 is 0 Å². The highest BCUT2D eigenvalue weighted by atomic mass is 35.5. The Labute approximate surface area is 111 Å². The van der Waals surface area contributed by atoms with Crippen LogP contribution < -0.4 is 11.1 Å². The van der Waals surface area contributed by atoms with Crippen molar-refractivity contribution in [3.05, 3.63) is 0 Å². The van der Waals surface area contributed by atoms with E-state index in [4.69, 9.17) is 5.73 Å². The quantitative estimate of drug-likeness (QED) is 0.818. The van der Waals surface area contributed by atoms with Gasteiger partial charge in [-0.1, -0.05) is 6.92 Å². The standard InChI is InChI=1S/C13H26N2O.ClH/c1-10-6-8-13(3,9-7-10)15-12(16)5-4-11(2)14;/h10-11H,4-9,14H2,1-3H3,(H,15,16);1H. The molecule has 0 heterocycles. The monoisotopic (exact) mass is 262 g/mol. The molecule has 1 saturated carbocycles. The summed E-state index contributed by atoms with van der Waals surface area (Å²) in [6, 6.07) is 0.116. The minimum Gasteiger partial charge on any atom is -0.351 e. The van der Waals surface area contributed by atoms with Gasteiger partial charge in [0.05, 0.1) is 0 Å². The van der Waals surface area contributed by atoms with Gasteiger partial charge in [0, 0.05) is 18.0 Å². The van der Waals surface area contributed by atoms with Crippen LogP contribution in [0.1, 0.15) is 59.3 Å². The summed E-state index contributed by atoms with van der Waals surface area (Å²) < 4.78 is 0. The molecule has 0 aromatic heterocycles. The van der Waals surface area contributed by atoms with Crippen LogP contribution in [0.4, 0.5) is 0 Å². The topological polar surface area (TPSA) is 55.1 Å². The molecule has 3 nitrogen and oxygen atoms in total. The predicted molar refractivity (Wildman–Crippen MR) is 74.3 cm³/mol. The van der Waals surface area contributed by atoms with Gasteiger partial charge in [-0.3, -0.25) is 4.79 Å². The zero-order valence-corrected chi connectivity index (χ0v) is 12.1. The number of rotatable bonds is 4. The van der Waals surface area contributed by atoms with Gasteiger partial charge in [0.25, 0.3) is 0 Å². The van der Waals surface area contributed by atoms with Crippen molar-refractivity contribution in [2.75, 3.05) is 0 Å². The minimum absolute atomic E-state index is 0. The van der Waals surface area contributed by atoms with Crippen molar-refractivity contribution < 1.29 is 4.79 Å². The summed E-state index contributed by atoms with van der Waals surface area (Å²) in [6.45, 7) is 6.40. The van der Waals surface area contributed by atoms with Crippen LogP contribution in [0.2, 0.25) is 0 Å². The Morgan fingerprint density at radius 2 is 2.00 bits per heavy atom. The Morgan fingerprint density at radius 3 is 2.47 bits per heavy atom. The Kier molecular flexibility index (Phi) is 7.10. The summed E-state index contributed by atoms with van der Waals surface area (Å²) in [4.78, 5) is 11.7. The highest BCUT2D eigenvalue weighted by Gasteiger charge is 2.30. The summed E-state index contributed by atoms with van der Waals surface area (Å²) in [5, 5.41) is 3.18. The van der Waals surface area contributed by atoms with E-state index in [9.17, 15) is 4.79 Å². The molecule has 0 radical (unpaired) electrons. The molecule has 1 rings (SSSR count). The summed E-state index contributed by atoms with van der Waals surface area (Å²) >= 11 is 0. The van der Waals surface area contributed by atoms with Crippen molar-refractivity contribution >= 4 is 18.3 Å². The van der Waals surface area contributed by atoms with Crippen LogP contribution in [-0.4, -0.2) is 17.5 Å². The first-order valence-corrected chi connectivity index (χ1v) is 6.48. The van der Waals surface area contributed by atoms with E-state index in [1.165, 1.54) is 12.8 Å². The van der Waals surface area contributed by atoms with Crippen LogP contribution >= 0.6 is 12.4 Å². The van der Waals surface area contributed by atoms with Crippen LogP contribution in [0, 0.1) is 5.92 Å². The molecule has 1 aliphatic rings. The molecule has 0 spiro atoms. The van der Waals surface area contributed by atoms with Gasteiger partial charge in [-0.2, -0.15) is 0 Å². The van der Waals surface area contributed by atoms with Crippen molar-refractivity contribution in [1.82, 2.24) is 5.32 Å². The van der Waals surface area contributed by atoms with Crippen molar-refractivity contribution in [3.63, 3.8) is 0 Å². The Balaban J connectivity index is 0.00000256. The first-order valence-electron chi connectivity index (χ1n) is 6.48. The van der Waals surface area contributed by atoms with E-state index < -0.39 is 0 Å². The zero-order valence-electron chi connectivity index (χ0n) is 11.3. The molecule has 0 aromatic rings. The lowest BCUT2D eigenvalue weighted by atomic mass is 9.78. The van der Waals surface area contributed by atoms with E-state index in [1.807, 2.05) is 6.92 Å². The molecule has 1 aliphatic carbocycles. The Morgan fingerprint density at radius 1 is 1.47 bits per heavy atom. The van der Waals surface area contributed by atoms with Gasteiger partial charge in [-0.25, -0.2) is 0 Å². The predicted octanol–water partition coefficient (Wildman–Crippen LogP) is 2.62. The fraction of sp³-hybridized carbons (Fsp3) is 0.923. The van der Waals surface area contributed by atoms with Gasteiger partial charge in [-0.15, -0.1) is 12.4 Å². The number of halogens is 1.